The first kappa shape index (κ1) is 20.2. The molecule has 0 spiro atoms. The molecule has 0 fully saturated rings. The first-order chi connectivity index (χ1) is 13.8. The Morgan fingerprint density at radius 2 is 1.93 bits per heavy atom. The molecule has 29 heavy (non-hydrogen) atoms. The van der Waals surface area contributed by atoms with Gasteiger partial charge in [0.15, 0.2) is 14.6 Å². The number of carbonyl (C=O) groups excluding carboxylic acids is 1. The van der Waals surface area contributed by atoms with Gasteiger partial charge in [0.25, 0.3) is 0 Å². The maximum Gasteiger partial charge on any atom is 0.327 e. The molecule has 0 bridgehead atoms. The van der Waals surface area contributed by atoms with Crippen molar-refractivity contribution >= 4 is 42.6 Å². The van der Waals surface area contributed by atoms with Crippen molar-refractivity contribution in [3.8, 4) is 0 Å². The SMILES string of the molecule is COC(=O)C(C)(C1CCc2c([nH]c3ccc(Br)cc23)C1)S(=O)(=O)c1ccccc1. The second-order valence-corrected chi connectivity index (χ2v) is 10.9. The van der Waals surface area contributed by atoms with E-state index in [2.05, 4.69) is 27.0 Å². The molecule has 1 aliphatic carbocycles. The van der Waals surface area contributed by atoms with Crippen LogP contribution in [0.3, 0.4) is 0 Å². The van der Waals surface area contributed by atoms with Crippen LogP contribution in [-0.4, -0.2) is 31.2 Å². The zero-order valence-electron chi connectivity index (χ0n) is 16.2. The number of benzene rings is 2. The predicted molar refractivity (Wildman–Crippen MR) is 116 cm³/mol. The van der Waals surface area contributed by atoms with E-state index < -0.39 is 26.5 Å². The van der Waals surface area contributed by atoms with Crippen LogP contribution >= 0.6 is 15.9 Å². The third-order valence-corrected chi connectivity index (χ3v) is 9.13. The number of aryl methyl sites for hydroxylation is 1. The largest absolute Gasteiger partial charge is 0.468 e. The van der Waals surface area contributed by atoms with E-state index in [1.54, 1.807) is 18.2 Å². The number of aromatic nitrogens is 1. The number of nitrogens with one attached hydrogen (secondary N) is 1. The van der Waals surface area contributed by atoms with Gasteiger partial charge in [0.1, 0.15) is 0 Å². The fraction of sp³-hybridized carbons (Fsp3) is 0.318. The lowest BCUT2D eigenvalue weighted by Gasteiger charge is -2.36. The Labute approximate surface area is 178 Å². The quantitative estimate of drug-likeness (QED) is 0.565. The van der Waals surface area contributed by atoms with Crippen LogP contribution in [0.2, 0.25) is 0 Å². The van der Waals surface area contributed by atoms with E-state index in [1.807, 2.05) is 12.1 Å². The van der Waals surface area contributed by atoms with Gasteiger partial charge in [-0.2, -0.15) is 0 Å². The van der Waals surface area contributed by atoms with Crippen molar-refractivity contribution < 1.29 is 17.9 Å². The highest BCUT2D eigenvalue weighted by Crippen LogP contribution is 2.42. The first-order valence-electron chi connectivity index (χ1n) is 9.46. The van der Waals surface area contributed by atoms with Crippen molar-refractivity contribution in [3.63, 3.8) is 0 Å². The lowest BCUT2D eigenvalue weighted by atomic mass is 9.79. The maximum atomic E-state index is 13.6. The molecule has 0 saturated carbocycles. The standard InChI is InChI=1S/C22H22BrNO4S/c1-22(21(25)28-2,29(26,27)16-6-4-3-5-7-16)14-8-10-17-18-13-15(23)9-11-19(18)24-20(17)12-14/h3-7,9,11,13-14,24H,8,10,12H2,1-2H3. The van der Waals surface area contributed by atoms with Crippen molar-refractivity contribution in [1.29, 1.82) is 0 Å². The van der Waals surface area contributed by atoms with Crippen molar-refractivity contribution in [2.45, 2.75) is 35.8 Å². The van der Waals surface area contributed by atoms with Gasteiger partial charge in [-0.1, -0.05) is 34.1 Å². The van der Waals surface area contributed by atoms with Crippen LogP contribution in [0.4, 0.5) is 0 Å². The highest BCUT2D eigenvalue weighted by molar-refractivity contribution is 9.10. The molecule has 1 heterocycles. The highest BCUT2D eigenvalue weighted by atomic mass is 79.9. The number of rotatable bonds is 4. The summed E-state index contributed by atoms with van der Waals surface area (Å²) in [6.45, 7) is 1.51. The van der Waals surface area contributed by atoms with E-state index in [1.165, 1.54) is 31.7 Å². The number of fused-ring (bicyclic) bond motifs is 3. The molecule has 2 aromatic carbocycles. The first-order valence-corrected chi connectivity index (χ1v) is 11.7. The van der Waals surface area contributed by atoms with Gasteiger partial charge in [-0.15, -0.1) is 0 Å². The molecule has 0 radical (unpaired) electrons. The number of hydrogen-bond acceptors (Lipinski definition) is 4. The van der Waals surface area contributed by atoms with Crippen LogP contribution in [0, 0.1) is 5.92 Å². The summed E-state index contributed by atoms with van der Waals surface area (Å²) < 4.78 is 31.5. The summed E-state index contributed by atoms with van der Waals surface area (Å²) in [5.74, 6) is -1.11. The van der Waals surface area contributed by atoms with Crippen LogP contribution < -0.4 is 0 Å². The second-order valence-electron chi connectivity index (χ2n) is 7.63. The highest BCUT2D eigenvalue weighted by Gasteiger charge is 2.54. The van der Waals surface area contributed by atoms with Gasteiger partial charge in [0.05, 0.1) is 12.0 Å². The minimum absolute atomic E-state index is 0.138. The molecule has 1 aromatic heterocycles. The van der Waals surface area contributed by atoms with Crippen molar-refractivity contribution in [2.75, 3.05) is 7.11 Å². The number of H-pyrrole nitrogens is 1. The molecular weight excluding hydrogens is 454 g/mol. The van der Waals surface area contributed by atoms with E-state index in [0.717, 1.165) is 21.1 Å². The zero-order chi connectivity index (χ0) is 20.8. The minimum atomic E-state index is -3.95. The van der Waals surface area contributed by atoms with Crippen molar-refractivity contribution in [3.05, 3.63) is 64.3 Å². The van der Waals surface area contributed by atoms with Crippen molar-refractivity contribution in [2.24, 2.45) is 5.92 Å². The van der Waals surface area contributed by atoms with Gasteiger partial charge in [-0.05, 0) is 68.0 Å². The number of ether oxygens (including phenoxy) is 1. The molecule has 2 unspecified atom stereocenters. The molecular formula is C22H22BrNO4S. The minimum Gasteiger partial charge on any atom is -0.468 e. The van der Waals surface area contributed by atoms with Crippen LogP contribution in [0.25, 0.3) is 10.9 Å². The molecule has 0 aliphatic heterocycles. The number of aromatic amines is 1. The Morgan fingerprint density at radius 3 is 2.62 bits per heavy atom. The summed E-state index contributed by atoms with van der Waals surface area (Å²) in [6, 6.07) is 14.2. The summed E-state index contributed by atoms with van der Waals surface area (Å²) in [6.07, 6.45) is 1.76. The van der Waals surface area contributed by atoms with Gasteiger partial charge >= 0.3 is 5.97 Å². The van der Waals surface area contributed by atoms with Gasteiger partial charge in [0.2, 0.25) is 0 Å². The van der Waals surface area contributed by atoms with E-state index in [9.17, 15) is 13.2 Å². The molecule has 152 valence electrons. The number of carbonyl (C=O) groups is 1. The van der Waals surface area contributed by atoms with Crippen molar-refractivity contribution in [1.82, 2.24) is 4.98 Å². The van der Waals surface area contributed by atoms with E-state index in [-0.39, 0.29) is 4.90 Å². The van der Waals surface area contributed by atoms with Gasteiger partial charge in [-0.3, -0.25) is 4.79 Å². The molecule has 7 heteroatoms. The zero-order valence-corrected chi connectivity index (χ0v) is 18.6. The summed E-state index contributed by atoms with van der Waals surface area (Å²) in [5, 5.41) is 1.14. The van der Waals surface area contributed by atoms with Crippen LogP contribution in [0.5, 0.6) is 0 Å². The number of methoxy groups -OCH3 is 1. The van der Waals surface area contributed by atoms with Crippen LogP contribution in [0.15, 0.2) is 57.9 Å². The molecule has 0 amide bonds. The summed E-state index contributed by atoms with van der Waals surface area (Å²) in [4.78, 5) is 16.4. The topological polar surface area (TPSA) is 76.2 Å². The number of sulfone groups is 1. The average molecular weight is 476 g/mol. The predicted octanol–water partition coefficient (Wildman–Crippen LogP) is 4.44. The third-order valence-electron chi connectivity index (χ3n) is 6.13. The Hall–Kier alpha value is -2.12. The second kappa shape index (κ2) is 7.29. The molecule has 3 aromatic rings. The van der Waals surface area contributed by atoms with Crippen LogP contribution in [0.1, 0.15) is 24.6 Å². The Kier molecular flexibility index (Phi) is 5.07. The van der Waals surface area contributed by atoms with E-state index >= 15 is 0 Å². The molecule has 1 aliphatic rings. The summed E-state index contributed by atoms with van der Waals surface area (Å²) in [7, 11) is -2.70. The third kappa shape index (κ3) is 3.11. The number of esters is 1. The average Bonchev–Trinajstić information content (AvgIpc) is 3.10. The molecule has 0 saturated heterocycles. The Balaban J connectivity index is 1.80. The fourth-order valence-electron chi connectivity index (χ4n) is 4.42. The summed E-state index contributed by atoms with van der Waals surface area (Å²) >= 11 is 3.51. The Morgan fingerprint density at radius 1 is 1.21 bits per heavy atom. The lowest BCUT2D eigenvalue weighted by Crippen LogP contribution is -2.52. The molecule has 2 atom stereocenters. The fourth-order valence-corrected chi connectivity index (χ4v) is 6.72. The molecule has 4 rings (SSSR count). The number of hydrogen-bond donors (Lipinski definition) is 1. The van der Waals surface area contributed by atoms with Gasteiger partial charge < -0.3 is 9.72 Å². The lowest BCUT2D eigenvalue weighted by molar-refractivity contribution is -0.145. The smallest absolute Gasteiger partial charge is 0.327 e. The normalized spacial score (nSPS) is 18.8. The van der Waals surface area contributed by atoms with Gasteiger partial charge in [0, 0.05) is 21.1 Å². The van der Waals surface area contributed by atoms with Crippen LogP contribution in [-0.2, 0) is 32.2 Å². The molecule has 1 N–H and O–H groups in total. The van der Waals surface area contributed by atoms with Gasteiger partial charge in [-0.25, -0.2) is 8.42 Å². The van der Waals surface area contributed by atoms with E-state index in [4.69, 9.17) is 4.74 Å². The Bertz CT molecular complexity index is 1190. The summed E-state index contributed by atoms with van der Waals surface area (Å²) in [5.41, 5.74) is 3.21. The maximum absolute atomic E-state index is 13.6. The van der Waals surface area contributed by atoms with E-state index in [0.29, 0.717) is 19.3 Å². The number of halogens is 1. The molecule has 5 nitrogen and oxygen atoms in total. The monoisotopic (exact) mass is 475 g/mol.